The summed E-state index contributed by atoms with van der Waals surface area (Å²) in [6, 6.07) is 9.79. The average molecular weight is 269 g/mol. The normalized spacial score (nSPS) is 10.5. The molecule has 5 heteroatoms. The van der Waals surface area contributed by atoms with Crippen molar-refractivity contribution in [1.29, 1.82) is 0 Å². The number of aromatic nitrogens is 2. The van der Waals surface area contributed by atoms with E-state index in [9.17, 15) is 0 Å². The van der Waals surface area contributed by atoms with E-state index in [4.69, 9.17) is 28.3 Å². The lowest BCUT2D eigenvalue weighted by Crippen LogP contribution is -2.01. The summed E-state index contributed by atoms with van der Waals surface area (Å²) in [5.74, 6) is 0.233. The second kappa shape index (κ2) is 5.45. The van der Waals surface area contributed by atoms with Gasteiger partial charge in [-0.3, -0.25) is 0 Å². The van der Waals surface area contributed by atoms with E-state index in [1.165, 1.54) is 0 Å². The summed E-state index contributed by atoms with van der Waals surface area (Å²) >= 11 is 12.0. The lowest BCUT2D eigenvalue weighted by Gasteiger charge is -2.07. The van der Waals surface area contributed by atoms with E-state index >= 15 is 0 Å². The quantitative estimate of drug-likeness (QED) is 0.871. The minimum Gasteiger partial charge on any atom is -0.388 e. The van der Waals surface area contributed by atoms with Crippen LogP contribution in [0.15, 0.2) is 30.3 Å². The molecule has 88 valence electrons. The molecule has 0 aliphatic carbocycles. The van der Waals surface area contributed by atoms with E-state index in [2.05, 4.69) is 9.97 Å². The largest absolute Gasteiger partial charge is 0.388 e. The molecule has 2 rings (SSSR count). The molecule has 3 nitrogen and oxygen atoms in total. The minimum absolute atomic E-state index is 0.233. The summed E-state index contributed by atoms with van der Waals surface area (Å²) in [7, 11) is 0. The Hall–Kier alpha value is -1.16. The Balaban J connectivity index is 2.33. The number of hydrogen-bond acceptors (Lipinski definition) is 3. The van der Waals surface area contributed by atoms with Crippen LogP contribution in [0.1, 0.15) is 17.0 Å². The molecule has 0 saturated heterocycles. The number of benzene rings is 1. The van der Waals surface area contributed by atoms with Gasteiger partial charge in [0.15, 0.2) is 5.82 Å². The van der Waals surface area contributed by atoms with E-state index < -0.39 is 0 Å². The smallest absolute Gasteiger partial charge is 0.157 e. The van der Waals surface area contributed by atoms with E-state index in [-0.39, 0.29) is 22.7 Å². The molecule has 1 heterocycles. The van der Waals surface area contributed by atoms with Crippen molar-refractivity contribution in [3.63, 3.8) is 0 Å². The van der Waals surface area contributed by atoms with Crippen molar-refractivity contribution in [2.45, 2.75) is 13.0 Å². The number of hydrogen-bond donors (Lipinski definition) is 1. The predicted octanol–water partition coefficient (Wildman–Crippen LogP) is 2.87. The fourth-order valence-electron chi connectivity index (χ4n) is 1.49. The van der Waals surface area contributed by atoms with Crippen LogP contribution >= 0.6 is 23.2 Å². The fraction of sp³-hybridized carbons (Fsp3) is 0.167. The third-order valence-electron chi connectivity index (χ3n) is 2.32. The molecule has 1 aromatic carbocycles. The molecule has 0 saturated carbocycles. The highest BCUT2D eigenvalue weighted by Crippen LogP contribution is 2.24. The fourth-order valence-corrected chi connectivity index (χ4v) is 2.04. The van der Waals surface area contributed by atoms with Gasteiger partial charge in [0.25, 0.3) is 0 Å². The Morgan fingerprint density at radius 3 is 2.12 bits per heavy atom. The van der Waals surface area contributed by atoms with Crippen LogP contribution in [-0.2, 0) is 13.0 Å². The number of nitrogens with zero attached hydrogens (tertiary/aromatic N) is 2. The number of rotatable bonds is 3. The van der Waals surface area contributed by atoms with Crippen molar-refractivity contribution in [1.82, 2.24) is 9.97 Å². The van der Waals surface area contributed by atoms with Gasteiger partial charge in [0, 0.05) is 12.0 Å². The average Bonchev–Trinajstić information content (AvgIpc) is 2.35. The zero-order valence-electron chi connectivity index (χ0n) is 8.90. The van der Waals surface area contributed by atoms with Crippen molar-refractivity contribution in [3.8, 4) is 0 Å². The van der Waals surface area contributed by atoms with Gasteiger partial charge in [-0.15, -0.1) is 0 Å². The van der Waals surface area contributed by atoms with Gasteiger partial charge in [-0.05, 0) is 5.56 Å². The van der Waals surface area contributed by atoms with E-state index in [1.807, 2.05) is 30.3 Å². The van der Waals surface area contributed by atoms with Crippen molar-refractivity contribution in [3.05, 3.63) is 57.6 Å². The first-order valence-corrected chi connectivity index (χ1v) is 5.82. The first-order chi connectivity index (χ1) is 8.20. The third-order valence-corrected chi connectivity index (χ3v) is 2.94. The Kier molecular flexibility index (Phi) is 3.94. The summed E-state index contributed by atoms with van der Waals surface area (Å²) in [4.78, 5) is 7.94. The van der Waals surface area contributed by atoms with Gasteiger partial charge in [0.05, 0.1) is 0 Å². The highest BCUT2D eigenvalue weighted by atomic mass is 35.5. The zero-order valence-corrected chi connectivity index (χ0v) is 10.4. The van der Waals surface area contributed by atoms with Crippen LogP contribution in [0, 0.1) is 0 Å². The van der Waals surface area contributed by atoms with Crippen LogP contribution in [0.3, 0.4) is 0 Å². The molecule has 0 radical (unpaired) electrons. The monoisotopic (exact) mass is 268 g/mol. The first-order valence-electron chi connectivity index (χ1n) is 5.06. The molecule has 0 spiro atoms. The molecule has 0 amide bonds. The summed E-state index contributed by atoms with van der Waals surface area (Å²) in [5, 5.41) is 9.50. The lowest BCUT2D eigenvalue weighted by molar-refractivity contribution is 0.271. The van der Waals surface area contributed by atoms with Crippen molar-refractivity contribution < 1.29 is 5.11 Å². The second-order valence-corrected chi connectivity index (χ2v) is 4.24. The van der Waals surface area contributed by atoms with Gasteiger partial charge in [-0.25, -0.2) is 9.97 Å². The standard InChI is InChI=1S/C12H10Cl2N2O/c13-11-9(6-8-4-2-1-3-5-8)12(14)16-10(7-17)15-11/h1-5,17H,6-7H2. The molecular weight excluding hydrogens is 259 g/mol. The van der Waals surface area contributed by atoms with Crippen LogP contribution in [-0.4, -0.2) is 15.1 Å². The van der Waals surface area contributed by atoms with Gasteiger partial charge in [0.1, 0.15) is 16.9 Å². The Morgan fingerprint density at radius 2 is 1.59 bits per heavy atom. The molecule has 0 fully saturated rings. The van der Waals surface area contributed by atoms with E-state index in [0.29, 0.717) is 12.0 Å². The summed E-state index contributed by atoms with van der Waals surface area (Å²) < 4.78 is 0. The summed E-state index contributed by atoms with van der Waals surface area (Å²) in [6.45, 7) is -0.273. The minimum atomic E-state index is -0.273. The molecule has 0 aliphatic rings. The van der Waals surface area contributed by atoms with Gasteiger partial charge in [-0.1, -0.05) is 53.5 Å². The number of aliphatic hydroxyl groups is 1. The Morgan fingerprint density at radius 1 is 1.00 bits per heavy atom. The van der Waals surface area contributed by atoms with Gasteiger partial charge >= 0.3 is 0 Å². The molecule has 0 aliphatic heterocycles. The highest BCUT2D eigenvalue weighted by Gasteiger charge is 2.11. The van der Waals surface area contributed by atoms with Gasteiger partial charge in [0.2, 0.25) is 0 Å². The topological polar surface area (TPSA) is 46.0 Å². The maximum Gasteiger partial charge on any atom is 0.157 e. The van der Waals surface area contributed by atoms with Crippen LogP contribution in [0.2, 0.25) is 10.3 Å². The van der Waals surface area contributed by atoms with E-state index in [0.717, 1.165) is 5.56 Å². The van der Waals surface area contributed by atoms with Crippen LogP contribution in [0.25, 0.3) is 0 Å². The predicted molar refractivity (Wildman–Crippen MR) is 67.2 cm³/mol. The van der Waals surface area contributed by atoms with Crippen LogP contribution < -0.4 is 0 Å². The zero-order chi connectivity index (χ0) is 12.3. The third kappa shape index (κ3) is 2.94. The maximum atomic E-state index is 8.92. The lowest BCUT2D eigenvalue weighted by atomic mass is 10.1. The Bertz CT molecular complexity index is 494. The molecule has 0 atom stereocenters. The van der Waals surface area contributed by atoms with E-state index in [1.54, 1.807) is 0 Å². The number of halogens is 2. The van der Waals surface area contributed by atoms with Crippen molar-refractivity contribution in [2.75, 3.05) is 0 Å². The van der Waals surface area contributed by atoms with Crippen LogP contribution in [0.4, 0.5) is 0 Å². The molecular formula is C12H10Cl2N2O. The Labute approximate surface area is 109 Å². The highest BCUT2D eigenvalue weighted by molar-refractivity contribution is 6.34. The molecule has 1 N–H and O–H groups in total. The molecule has 0 unspecified atom stereocenters. The first kappa shape index (κ1) is 12.3. The molecule has 17 heavy (non-hydrogen) atoms. The maximum absolute atomic E-state index is 8.92. The SMILES string of the molecule is OCc1nc(Cl)c(Cc2ccccc2)c(Cl)n1. The summed E-state index contributed by atoms with van der Waals surface area (Å²) in [6.07, 6.45) is 0.574. The molecule has 0 bridgehead atoms. The summed E-state index contributed by atoms with van der Waals surface area (Å²) in [5.41, 5.74) is 1.76. The van der Waals surface area contributed by atoms with Crippen LogP contribution in [0.5, 0.6) is 0 Å². The van der Waals surface area contributed by atoms with Crippen molar-refractivity contribution in [2.24, 2.45) is 0 Å². The van der Waals surface area contributed by atoms with Gasteiger partial charge < -0.3 is 5.11 Å². The molecule has 1 aromatic heterocycles. The second-order valence-electron chi connectivity index (χ2n) is 3.52. The molecule has 2 aromatic rings. The van der Waals surface area contributed by atoms with Crippen molar-refractivity contribution >= 4 is 23.2 Å². The number of aliphatic hydroxyl groups excluding tert-OH is 1. The van der Waals surface area contributed by atoms with Gasteiger partial charge in [-0.2, -0.15) is 0 Å².